The molecule has 1 aliphatic carbocycles. The summed E-state index contributed by atoms with van der Waals surface area (Å²) in [5.74, 6) is 2.94. The summed E-state index contributed by atoms with van der Waals surface area (Å²) in [4.78, 5) is 4.59. The van der Waals surface area contributed by atoms with Crippen LogP contribution >= 0.6 is 0 Å². The fourth-order valence-electron chi connectivity index (χ4n) is 2.73. The lowest BCUT2D eigenvalue weighted by atomic mass is 9.94. The second-order valence-corrected chi connectivity index (χ2v) is 6.37. The fourth-order valence-corrected chi connectivity index (χ4v) is 2.73. The van der Waals surface area contributed by atoms with Gasteiger partial charge in [-0.3, -0.25) is 0 Å². The Morgan fingerprint density at radius 2 is 2.18 bits per heavy atom. The van der Waals surface area contributed by atoms with Gasteiger partial charge in [-0.25, -0.2) is 0 Å². The van der Waals surface area contributed by atoms with E-state index in [0.29, 0.717) is 11.3 Å². The van der Waals surface area contributed by atoms with E-state index in [0.717, 1.165) is 30.6 Å². The zero-order chi connectivity index (χ0) is 12.0. The average Bonchev–Trinajstić information content (AvgIpc) is 2.76. The first kappa shape index (κ1) is 11.2. The van der Waals surface area contributed by atoms with Gasteiger partial charge < -0.3 is 9.84 Å². The minimum Gasteiger partial charge on any atom is -0.338 e. The van der Waals surface area contributed by atoms with Crippen LogP contribution in [0.15, 0.2) is 4.52 Å². The number of nitrogens with one attached hydrogen (secondary N) is 1. The highest BCUT2D eigenvalue weighted by molar-refractivity contribution is 5.14. The first-order valence-corrected chi connectivity index (χ1v) is 6.63. The highest BCUT2D eigenvalue weighted by atomic mass is 16.5. The SMILES string of the molecule is CC1CCNC(c2nc(C3CC3(C)C)no2)C1. The molecule has 4 nitrogen and oxygen atoms in total. The Hall–Kier alpha value is -0.900. The van der Waals surface area contributed by atoms with Gasteiger partial charge in [0.25, 0.3) is 0 Å². The van der Waals surface area contributed by atoms with Gasteiger partial charge in [0.15, 0.2) is 5.82 Å². The molecule has 0 radical (unpaired) electrons. The van der Waals surface area contributed by atoms with Crippen LogP contribution < -0.4 is 5.32 Å². The molecule has 3 rings (SSSR count). The van der Waals surface area contributed by atoms with Crippen molar-refractivity contribution < 1.29 is 4.52 Å². The van der Waals surface area contributed by atoms with Crippen molar-refractivity contribution in [2.24, 2.45) is 11.3 Å². The van der Waals surface area contributed by atoms with Crippen molar-refractivity contribution in [1.82, 2.24) is 15.5 Å². The average molecular weight is 235 g/mol. The summed E-state index contributed by atoms with van der Waals surface area (Å²) in [6, 6.07) is 0.266. The van der Waals surface area contributed by atoms with E-state index in [9.17, 15) is 0 Å². The smallest absolute Gasteiger partial charge is 0.243 e. The van der Waals surface area contributed by atoms with E-state index in [1.165, 1.54) is 12.8 Å². The number of hydrogen-bond donors (Lipinski definition) is 1. The third-order valence-corrected chi connectivity index (χ3v) is 4.25. The molecule has 3 atom stereocenters. The summed E-state index contributed by atoms with van der Waals surface area (Å²) >= 11 is 0. The molecule has 4 heteroatoms. The zero-order valence-corrected chi connectivity index (χ0v) is 10.9. The summed E-state index contributed by atoms with van der Waals surface area (Å²) in [5, 5.41) is 7.61. The van der Waals surface area contributed by atoms with E-state index in [4.69, 9.17) is 4.52 Å². The molecule has 1 aliphatic heterocycles. The highest BCUT2D eigenvalue weighted by Gasteiger charge is 2.49. The number of nitrogens with zero attached hydrogens (tertiary/aromatic N) is 2. The third kappa shape index (κ3) is 2.10. The second kappa shape index (κ2) is 3.80. The van der Waals surface area contributed by atoms with E-state index in [1.807, 2.05) is 0 Å². The number of rotatable bonds is 2. The Morgan fingerprint density at radius 3 is 2.82 bits per heavy atom. The molecule has 1 N–H and O–H groups in total. The van der Waals surface area contributed by atoms with Crippen LogP contribution in [0.1, 0.15) is 63.7 Å². The molecule has 0 amide bonds. The fraction of sp³-hybridized carbons (Fsp3) is 0.846. The molecule has 17 heavy (non-hydrogen) atoms. The molecule has 3 unspecified atom stereocenters. The molecule has 94 valence electrons. The maximum absolute atomic E-state index is 5.42. The van der Waals surface area contributed by atoms with Crippen molar-refractivity contribution in [2.45, 2.75) is 52.0 Å². The maximum Gasteiger partial charge on any atom is 0.243 e. The van der Waals surface area contributed by atoms with Crippen LogP contribution in [0.5, 0.6) is 0 Å². The predicted octanol–water partition coefficient (Wildman–Crippen LogP) is 2.64. The summed E-state index contributed by atoms with van der Waals surface area (Å²) < 4.78 is 5.42. The molecular formula is C13H21N3O. The van der Waals surface area contributed by atoms with Gasteiger partial charge >= 0.3 is 0 Å². The van der Waals surface area contributed by atoms with Crippen LogP contribution in [0.25, 0.3) is 0 Å². The van der Waals surface area contributed by atoms with Crippen molar-refractivity contribution >= 4 is 0 Å². The summed E-state index contributed by atoms with van der Waals surface area (Å²) in [7, 11) is 0. The molecular weight excluding hydrogens is 214 g/mol. The summed E-state index contributed by atoms with van der Waals surface area (Å²) in [5.41, 5.74) is 0.369. The maximum atomic E-state index is 5.42. The molecule has 1 aromatic rings. The lowest BCUT2D eigenvalue weighted by Crippen LogP contribution is -2.30. The number of hydrogen-bond acceptors (Lipinski definition) is 4. The lowest BCUT2D eigenvalue weighted by Gasteiger charge is -2.25. The van der Waals surface area contributed by atoms with Gasteiger partial charge in [0.1, 0.15) is 0 Å². The van der Waals surface area contributed by atoms with Gasteiger partial charge in [0.05, 0.1) is 6.04 Å². The first-order chi connectivity index (χ1) is 8.06. The van der Waals surface area contributed by atoms with Crippen LogP contribution in [0.2, 0.25) is 0 Å². The van der Waals surface area contributed by atoms with Crippen molar-refractivity contribution in [1.29, 1.82) is 0 Å². The van der Waals surface area contributed by atoms with E-state index >= 15 is 0 Å². The van der Waals surface area contributed by atoms with Crippen LogP contribution in [0, 0.1) is 11.3 Å². The monoisotopic (exact) mass is 235 g/mol. The normalized spacial score (nSPS) is 35.8. The first-order valence-electron chi connectivity index (χ1n) is 6.63. The van der Waals surface area contributed by atoms with Crippen molar-refractivity contribution in [3.8, 4) is 0 Å². The van der Waals surface area contributed by atoms with Gasteiger partial charge in [0, 0.05) is 5.92 Å². The molecule has 0 aromatic carbocycles. The van der Waals surface area contributed by atoms with E-state index in [-0.39, 0.29) is 6.04 Å². The molecule has 0 spiro atoms. The Labute approximate surface area is 102 Å². The Kier molecular flexibility index (Phi) is 2.51. The van der Waals surface area contributed by atoms with Crippen LogP contribution in [0.4, 0.5) is 0 Å². The Bertz CT molecular complexity index is 413. The minimum atomic E-state index is 0.266. The van der Waals surface area contributed by atoms with Crippen molar-refractivity contribution in [3.63, 3.8) is 0 Å². The number of aromatic nitrogens is 2. The van der Waals surface area contributed by atoms with Gasteiger partial charge in [-0.15, -0.1) is 0 Å². The Morgan fingerprint density at radius 1 is 1.41 bits per heavy atom. The topological polar surface area (TPSA) is 51.0 Å². The standard InChI is InChI=1S/C13H21N3O/c1-8-4-5-14-10(6-8)12-15-11(16-17-12)9-7-13(9,2)3/h8-10,14H,4-7H2,1-3H3. The quantitative estimate of drug-likeness (QED) is 0.856. The summed E-state index contributed by atoms with van der Waals surface area (Å²) in [6.07, 6.45) is 3.53. The van der Waals surface area contributed by atoms with Gasteiger partial charge in [-0.2, -0.15) is 4.98 Å². The number of piperidine rings is 1. The van der Waals surface area contributed by atoms with E-state index < -0.39 is 0 Å². The zero-order valence-electron chi connectivity index (χ0n) is 10.9. The molecule has 1 aromatic heterocycles. The van der Waals surface area contributed by atoms with Crippen LogP contribution in [0.3, 0.4) is 0 Å². The van der Waals surface area contributed by atoms with E-state index in [1.54, 1.807) is 0 Å². The second-order valence-electron chi connectivity index (χ2n) is 6.37. The van der Waals surface area contributed by atoms with Crippen molar-refractivity contribution in [3.05, 3.63) is 11.7 Å². The molecule has 2 aliphatic rings. The van der Waals surface area contributed by atoms with E-state index in [2.05, 4.69) is 36.2 Å². The predicted molar refractivity (Wildman–Crippen MR) is 64.6 cm³/mol. The van der Waals surface area contributed by atoms with Gasteiger partial charge in [0.2, 0.25) is 5.89 Å². The molecule has 1 saturated heterocycles. The molecule has 2 heterocycles. The largest absolute Gasteiger partial charge is 0.338 e. The summed E-state index contributed by atoms with van der Waals surface area (Å²) in [6.45, 7) is 7.86. The Balaban J connectivity index is 1.72. The lowest BCUT2D eigenvalue weighted by molar-refractivity contribution is 0.259. The van der Waals surface area contributed by atoms with Gasteiger partial charge in [-0.05, 0) is 37.1 Å². The minimum absolute atomic E-state index is 0.266. The van der Waals surface area contributed by atoms with Crippen LogP contribution in [-0.4, -0.2) is 16.7 Å². The van der Waals surface area contributed by atoms with Gasteiger partial charge in [-0.1, -0.05) is 25.9 Å². The van der Waals surface area contributed by atoms with Crippen molar-refractivity contribution in [2.75, 3.05) is 6.54 Å². The van der Waals surface area contributed by atoms with Crippen LogP contribution in [-0.2, 0) is 0 Å². The molecule has 0 bridgehead atoms. The molecule has 1 saturated carbocycles. The molecule has 2 fully saturated rings. The highest BCUT2D eigenvalue weighted by Crippen LogP contribution is 2.57. The third-order valence-electron chi connectivity index (χ3n) is 4.25.